The van der Waals surface area contributed by atoms with Crippen LogP contribution in [0.1, 0.15) is 5.56 Å². The fraction of sp³-hybridized carbons (Fsp3) is 0.0714. The van der Waals surface area contributed by atoms with Crippen LogP contribution in [0.25, 0.3) is 0 Å². The molecule has 0 saturated heterocycles. The number of ether oxygens (including phenoxy) is 1. The molecule has 0 aromatic heterocycles. The Morgan fingerprint density at radius 3 is 2.53 bits per heavy atom. The summed E-state index contributed by atoms with van der Waals surface area (Å²) in [5, 5.41) is 8.19. The first-order valence-electron chi connectivity index (χ1n) is 5.55. The summed E-state index contributed by atoms with van der Waals surface area (Å²) in [6.45, 7) is 0. The minimum Gasteiger partial charge on any atom is -0.454 e. The second kappa shape index (κ2) is 5.97. The Labute approximate surface area is 108 Å². The van der Waals surface area contributed by atoms with Crippen molar-refractivity contribution >= 4 is 5.97 Å². The molecule has 0 amide bonds. The summed E-state index contributed by atoms with van der Waals surface area (Å²) in [6.07, 6.45) is -0.367. The third-order valence-corrected chi connectivity index (χ3v) is 2.45. The van der Waals surface area contributed by atoms with E-state index in [1.54, 1.807) is 30.3 Å². The van der Waals surface area contributed by atoms with Crippen molar-refractivity contribution in [1.82, 2.24) is 0 Å². The highest BCUT2D eigenvalue weighted by Gasteiger charge is 2.14. The first-order valence-corrected chi connectivity index (χ1v) is 5.55. The minimum atomic E-state index is -0.934. The van der Waals surface area contributed by atoms with Crippen LogP contribution >= 0.6 is 0 Å². The summed E-state index contributed by atoms with van der Waals surface area (Å²) >= 11 is 0. The molecule has 0 aliphatic carbocycles. The van der Waals surface area contributed by atoms with Crippen molar-refractivity contribution in [3.63, 3.8) is 0 Å². The van der Waals surface area contributed by atoms with E-state index in [2.05, 4.69) is 4.89 Å². The molecule has 2 aromatic carbocycles. The van der Waals surface area contributed by atoms with E-state index in [1.807, 2.05) is 6.07 Å². The smallest absolute Gasteiger partial charge is 0.346 e. The first kappa shape index (κ1) is 13.0. The standard InChI is InChI=1S/C14H11FO4/c15-14-10(9-13(16)19-17)5-4-8-12(14)18-11-6-2-1-3-7-11/h1-8,17H,9H2. The molecular formula is C14H11FO4. The first-order chi connectivity index (χ1) is 9.20. The average molecular weight is 262 g/mol. The van der Waals surface area contributed by atoms with Crippen molar-refractivity contribution in [3.05, 3.63) is 59.9 Å². The van der Waals surface area contributed by atoms with Gasteiger partial charge in [0.1, 0.15) is 5.75 Å². The highest BCUT2D eigenvalue weighted by molar-refractivity contribution is 5.72. The number of carbonyl (C=O) groups is 1. The number of benzene rings is 2. The average Bonchev–Trinajstić information content (AvgIpc) is 2.44. The fourth-order valence-corrected chi connectivity index (χ4v) is 1.57. The third kappa shape index (κ3) is 3.29. The van der Waals surface area contributed by atoms with Crippen LogP contribution in [-0.2, 0) is 16.1 Å². The highest BCUT2D eigenvalue weighted by atomic mass is 19.1. The fourth-order valence-electron chi connectivity index (χ4n) is 1.57. The Kier molecular flexibility index (Phi) is 4.10. The topological polar surface area (TPSA) is 55.8 Å². The van der Waals surface area contributed by atoms with Crippen LogP contribution in [0.3, 0.4) is 0 Å². The van der Waals surface area contributed by atoms with Gasteiger partial charge in [0.05, 0.1) is 6.42 Å². The lowest BCUT2D eigenvalue weighted by Crippen LogP contribution is -2.07. The van der Waals surface area contributed by atoms with Crippen LogP contribution in [-0.4, -0.2) is 11.2 Å². The van der Waals surface area contributed by atoms with Gasteiger partial charge in [0, 0.05) is 5.56 Å². The van der Waals surface area contributed by atoms with E-state index in [0.717, 1.165) is 0 Å². The number of para-hydroxylation sites is 1. The summed E-state index contributed by atoms with van der Waals surface area (Å²) in [7, 11) is 0. The van der Waals surface area contributed by atoms with Crippen LogP contribution in [0, 0.1) is 5.82 Å². The van der Waals surface area contributed by atoms with E-state index < -0.39 is 11.8 Å². The second-order valence-electron chi connectivity index (χ2n) is 3.78. The van der Waals surface area contributed by atoms with E-state index in [9.17, 15) is 9.18 Å². The third-order valence-electron chi connectivity index (χ3n) is 2.45. The number of hydrogen-bond donors (Lipinski definition) is 1. The van der Waals surface area contributed by atoms with Crippen LogP contribution in [0.15, 0.2) is 48.5 Å². The van der Waals surface area contributed by atoms with E-state index in [-0.39, 0.29) is 17.7 Å². The van der Waals surface area contributed by atoms with Gasteiger partial charge >= 0.3 is 5.97 Å². The molecule has 19 heavy (non-hydrogen) atoms. The Balaban J connectivity index is 2.22. The molecule has 2 rings (SSSR count). The predicted molar refractivity (Wildman–Crippen MR) is 65.3 cm³/mol. The van der Waals surface area contributed by atoms with E-state index in [1.165, 1.54) is 12.1 Å². The molecule has 0 aliphatic heterocycles. The minimum absolute atomic E-state index is 0.00874. The van der Waals surface area contributed by atoms with Crippen LogP contribution in [0.2, 0.25) is 0 Å². The zero-order chi connectivity index (χ0) is 13.7. The van der Waals surface area contributed by atoms with Crippen LogP contribution in [0.5, 0.6) is 11.5 Å². The van der Waals surface area contributed by atoms with E-state index >= 15 is 0 Å². The quantitative estimate of drug-likeness (QED) is 0.679. The molecular weight excluding hydrogens is 251 g/mol. The molecule has 0 bridgehead atoms. The van der Waals surface area contributed by atoms with Gasteiger partial charge in [0.15, 0.2) is 11.6 Å². The van der Waals surface area contributed by atoms with Crippen molar-refractivity contribution in [3.8, 4) is 11.5 Å². The maximum absolute atomic E-state index is 14.0. The lowest BCUT2D eigenvalue weighted by atomic mass is 10.1. The molecule has 0 radical (unpaired) electrons. The van der Waals surface area contributed by atoms with Gasteiger partial charge in [-0.05, 0) is 18.2 Å². The summed E-state index contributed by atoms with van der Waals surface area (Å²) in [4.78, 5) is 14.4. The number of rotatable bonds is 4. The molecule has 0 atom stereocenters. The molecule has 1 N–H and O–H groups in total. The molecule has 98 valence electrons. The van der Waals surface area contributed by atoms with Crippen molar-refractivity contribution < 1.29 is 24.1 Å². The molecule has 0 fully saturated rings. The lowest BCUT2D eigenvalue weighted by molar-refractivity contribution is -0.233. The summed E-state index contributed by atoms with van der Waals surface area (Å²) in [5.74, 6) is -1.09. The number of carbonyl (C=O) groups excluding carboxylic acids is 1. The largest absolute Gasteiger partial charge is 0.454 e. The van der Waals surface area contributed by atoms with Crippen LogP contribution < -0.4 is 4.74 Å². The molecule has 4 nitrogen and oxygen atoms in total. The van der Waals surface area contributed by atoms with Gasteiger partial charge < -0.3 is 9.62 Å². The lowest BCUT2D eigenvalue weighted by Gasteiger charge is -2.09. The van der Waals surface area contributed by atoms with Gasteiger partial charge in [0.2, 0.25) is 0 Å². The van der Waals surface area contributed by atoms with E-state index in [4.69, 9.17) is 9.99 Å². The normalized spacial score (nSPS) is 10.0. The van der Waals surface area contributed by atoms with Crippen molar-refractivity contribution in [2.45, 2.75) is 6.42 Å². The van der Waals surface area contributed by atoms with Crippen LogP contribution in [0.4, 0.5) is 4.39 Å². The molecule has 0 aliphatic rings. The molecule has 0 spiro atoms. The maximum atomic E-state index is 14.0. The monoisotopic (exact) mass is 262 g/mol. The molecule has 0 heterocycles. The van der Waals surface area contributed by atoms with Crippen molar-refractivity contribution in [2.75, 3.05) is 0 Å². The second-order valence-corrected chi connectivity index (χ2v) is 3.78. The molecule has 0 unspecified atom stereocenters. The highest BCUT2D eigenvalue weighted by Crippen LogP contribution is 2.26. The summed E-state index contributed by atoms with van der Waals surface area (Å²) in [6, 6.07) is 13.2. The molecule has 5 heteroatoms. The Morgan fingerprint density at radius 1 is 1.11 bits per heavy atom. The van der Waals surface area contributed by atoms with Gasteiger partial charge in [-0.25, -0.2) is 9.18 Å². The molecule has 0 saturated carbocycles. The Morgan fingerprint density at radius 2 is 1.84 bits per heavy atom. The Hall–Kier alpha value is -2.40. The number of halogens is 1. The van der Waals surface area contributed by atoms with E-state index in [0.29, 0.717) is 5.75 Å². The number of hydrogen-bond acceptors (Lipinski definition) is 4. The van der Waals surface area contributed by atoms with Gasteiger partial charge in [-0.1, -0.05) is 30.3 Å². The zero-order valence-corrected chi connectivity index (χ0v) is 9.88. The zero-order valence-electron chi connectivity index (χ0n) is 9.88. The van der Waals surface area contributed by atoms with Gasteiger partial charge in [-0.2, -0.15) is 5.26 Å². The molecule has 2 aromatic rings. The Bertz CT molecular complexity index is 569. The SMILES string of the molecule is O=C(Cc1cccc(Oc2ccccc2)c1F)OO. The van der Waals surface area contributed by atoms with Gasteiger partial charge in [-0.15, -0.1) is 0 Å². The van der Waals surface area contributed by atoms with Crippen molar-refractivity contribution in [2.24, 2.45) is 0 Å². The predicted octanol–water partition coefficient (Wildman–Crippen LogP) is 3.18. The maximum Gasteiger partial charge on any atom is 0.346 e. The summed E-state index contributed by atoms with van der Waals surface area (Å²) < 4.78 is 19.4. The van der Waals surface area contributed by atoms with Gasteiger partial charge in [-0.3, -0.25) is 0 Å². The summed E-state index contributed by atoms with van der Waals surface area (Å²) in [5.41, 5.74) is 0.0903. The van der Waals surface area contributed by atoms with Crippen molar-refractivity contribution in [1.29, 1.82) is 0 Å². The van der Waals surface area contributed by atoms with Gasteiger partial charge in [0.25, 0.3) is 0 Å².